The van der Waals surface area contributed by atoms with Crippen molar-refractivity contribution in [2.45, 2.75) is 19.8 Å². The highest BCUT2D eigenvalue weighted by Crippen LogP contribution is 2.16. The molecule has 1 fully saturated rings. The molecule has 1 aromatic rings. The van der Waals surface area contributed by atoms with Gasteiger partial charge in [0.1, 0.15) is 0 Å². The van der Waals surface area contributed by atoms with Gasteiger partial charge in [0.15, 0.2) is 0 Å². The minimum atomic E-state index is -0.211. The molecule has 0 aliphatic carbocycles. The molecule has 0 bridgehead atoms. The molecule has 1 aliphatic rings. The summed E-state index contributed by atoms with van der Waals surface area (Å²) in [5.41, 5.74) is 0.572. The number of hydrogen-bond donors (Lipinski definition) is 1. The van der Waals surface area contributed by atoms with Gasteiger partial charge in [-0.3, -0.25) is 9.59 Å². The van der Waals surface area contributed by atoms with E-state index in [9.17, 15) is 9.59 Å². The van der Waals surface area contributed by atoms with Gasteiger partial charge in [-0.2, -0.15) is 0 Å². The summed E-state index contributed by atoms with van der Waals surface area (Å²) in [5, 5.41) is 2.69. The monoisotopic (exact) mass is 304 g/mol. The van der Waals surface area contributed by atoms with Gasteiger partial charge in [0.25, 0.3) is 5.91 Å². The molecule has 5 nitrogen and oxygen atoms in total. The van der Waals surface area contributed by atoms with Crippen molar-refractivity contribution < 1.29 is 14.3 Å². The summed E-state index contributed by atoms with van der Waals surface area (Å²) in [6.45, 7) is 4.93. The van der Waals surface area contributed by atoms with E-state index in [0.717, 1.165) is 25.9 Å². The smallest absolute Gasteiger partial charge is 0.251 e. The average molecular weight is 304 g/mol. The first-order valence-electron chi connectivity index (χ1n) is 7.89. The number of likely N-dealkylation sites (tertiary alicyclic amines) is 1. The molecule has 1 unspecified atom stereocenters. The van der Waals surface area contributed by atoms with E-state index in [-0.39, 0.29) is 18.4 Å². The van der Waals surface area contributed by atoms with Crippen LogP contribution < -0.4 is 5.32 Å². The predicted octanol–water partition coefficient (Wildman–Crippen LogP) is 1.69. The van der Waals surface area contributed by atoms with Crippen molar-refractivity contribution in [2.75, 3.05) is 32.8 Å². The van der Waals surface area contributed by atoms with Crippen LogP contribution in [0.25, 0.3) is 0 Å². The van der Waals surface area contributed by atoms with Gasteiger partial charge in [-0.25, -0.2) is 0 Å². The van der Waals surface area contributed by atoms with Crippen LogP contribution in [0.3, 0.4) is 0 Å². The topological polar surface area (TPSA) is 58.6 Å². The maximum Gasteiger partial charge on any atom is 0.251 e. The third kappa shape index (κ3) is 4.84. The lowest BCUT2D eigenvalue weighted by molar-refractivity contribution is -0.132. The maximum absolute atomic E-state index is 12.2. The molecule has 0 saturated carbocycles. The number of nitrogens with one attached hydrogen (secondary N) is 1. The van der Waals surface area contributed by atoms with E-state index in [0.29, 0.717) is 24.7 Å². The minimum Gasteiger partial charge on any atom is -0.381 e. The van der Waals surface area contributed by atoms with Crippen LogP contribution in [0.4, 0.5) is 0 Å². The van der Waals surface area contributed by atoms with Gasteiger partial charge < -0.3 is 15.0 Å². The molecule has 1 aliphatic heterocycles. The molecular formula is C17H24N2O3. The largest absolute Gasteiger partial charge is 0.381 e. The van der Waals surface area contributed by atoms with Crippen molar-refractivity contribution >= 4 is 11.8 Å². The van der Waals surface area contributed by atoms with Crippen LogP contribution in [0.2, 0.25) is 0 Å². The second-order valence-electron chi connectivity index (χ2n) is 5.56. The summed E-state index contributed by atoms with van der Waals surface area (Å²) < 4.78 is 5.45. The van der Waals surface area contributed by atoms with Gasteiger partial charge in [0, 0.05) is 25.3 Å². The number of piperidine rings is 1. The molecule has 5 heteroatoms. The van der Waals surface area contributed by atoms with Crippen LogP contribution in [0, 0.1) is 5.92 Å². The van der Waals surface area contributed by atoms with Crippen molar-refractivity contribution in [1.29, 1.82) is 0 Å². The Labute approximate surface area is 131 Å². The lowest BCUT2D eigenvalue weighted by atomic mass is 9.99. The molecule has 0 radical (unpaired) electrons. The Balaban J connectivity index is 1.78. The molecule has 2 rings (SSSR count). The Morgan fingerprint density at radius 3 is 2.82 bits per heavy atom. The summed E-state index contributed by atoms with van der Waals surface area (Å²) in [7, 11) is 0. The zero-order valence-corrected chi connectivity index (χ0v) is 13.1. The molecule has 120 valence electrons. The first-order valence-corrected chi connectivity index (χ1v) is 7.89. The van der Waals surface area contributed by atoms with Crippen LogP contribution in [0.1, 0.15) is 30.1 Å². The van der Waals surface area contributed by atoms with E-state index in [1.165, 1.54) is 0 Å². The predicted molar refractivity (Wildman–Crippen MR) is 84.6 cm³/mol. The first-order chi connectivity index (χ1) is 10.7. The van der Waals surface area contributed by atoms with Crippen molar-refractivity contribution in [3.05, 3.63) is 35.9 Å². The molecule has 1 saturated heterocycles. The van der Waals surface area contributed by atoms with Crippen molar-refractivity contribution in [2.24, 2.45) is 5.92 Å². The summed E-state index contributed by atoms with van der Waals surface area (Å²) in [6, 6.07) is 8.94. The third-order valence-corrected chi connectivity index (χ3v) is 3.87. The molecule has 1 aromatic carbocycles. The normalized spacial score (nSPS) is 18.0. The third-order valence-electron chi connectivity index (χ3n) is 3.87. The van der Waals surface area contributed by atoms with E-state index in [2.05, 4.69) is 5.32 Å². The van der Waals surface area contributed by atoms with Crippen LogP contribution >= 0.6 is 0 Å². The SMILES string of the molecule is CCOCC1CCCN(C(=O)CNC(=O)c2ccccc2)C1. The number of hydrogen-bond acceptors (Lipinski definition) is 3. The van der Waals surface area contributed by atoms with Crippen molar-refractivity contribution in [1.82, 2.24) is 10.2 Å². The van der Waals surface area contributed by atoms with Crippen LogP contribution in [-0.2, 0) is 9.53 Å². The van der Waals surface area contributed by atoms with E-state index in [1.54, 1.807) is 24.3 Å². The van der Waals surface area contributed by atoms with E-state index in [4.69, 9.17) is 4.74 Å². The zero-order valence-electron chi connectivity index (χ0n) is 13.1. The number of benzene rings is 1. The Kier molecular flexibility index (Phi) is 6.40. The van der Waals surface area contributed by atoms with Crippen LogP contribution in [0.15, 0.2) is 30.3 Å². The number of ether oxygens (including phenoxy) is 1. The maximum atomic E-state index is 12.2. The van der Waals surface area contributed by atoms with Crippen molar-refractivity contribution in [3.8, 4) is 0 Å². The summed E-state index contributed by atoms with van der Waals surface area (Å²) in [4.78, 5) is 26.0. The molecule has 0 aromatic heterocycles. The fraction of sp³-hybridized carbons (Fsp3) is 0.529. The molecule has 1 heterocycles. The van der Waals surface area contributed by atoms with Gasteiger partial charge in [-0.05, 0) is 37.8 Å². The van der Waals surface area contributed by atoms with Gasteiger partial charge in [-0.15, -0.1) is 0 Å². The Hall–Kier alpha value is -1.88. The number of nitrogens with zero attached hydrogens (tertiary/aromatic N) is 1. The molecular weight excluding hydrogens is 280 g/mol. The number of carbonyl (C=O) groups excluding carboxylic acids is 2. The first kappa shape index (κ1) is 16.5. The molecule has 1 N–H and O–H groups in total. The number of amides is 2. The van der Waals surface area contributed by atoms with E-state index in [1.807, 2.05) is 17.9 Å². The van der Waals surface area contributed by atoms with Crippen LogP contribution in [0.5, 0.6) is 0 Å². The van der Waals surface area contributed by atoms with Gasteiger partial charge in [0.2, 0.25) is 5.91 Å². The quantitative estimate of drug-likeness (QED) is 0.870. The van der Waals surface area contributed by atoms with Crippen LogP contribution in [-0.4, -0.2) is 49.6 Å². The fourth-order valence-corrected chi connectivity index (χ4v) is 2.67. The Bertz CT molecular complexity index is 490. The Morgan fingerprint density at radius 2 is 2.09 bits per heavy atom. The second-order valence-corrected chi connectivity index (χ2v) is 5.56. The number of rotatable bonds is 6. The summed E-state index contributed by atoms with van der Waals surface area (Å²) in [6.07, 6.45) is 2.09. The van der Waals surface area contributed by atoms with E-state index < -0.39 is 0 Å². The zero-order chi connectivity index (χ0) is 15.8. The van der Waals surface area contributed by atoms with Gasteiger partial charge >= 0.3 is 0 Å². The molecule has 22 heavy (non-hydrogen) atoms. The molecule has 0 spiro atoms. The highest BCUT2D eigenvalue weighted by molar-refractivity contribution is 5.96. The summed E-state index contributed by atoms with van der Waals surface area (Å²) >= 11 is 0. The minimum absolute atomic E-state index is 0.0227. The lowest BCUT2D eigenvalue weighted by Gasteiger charge is -2.32. The standard InChI is InChI=1S/C17H24N2O3/c1-2-22-13-14-7-6-10-19(12-14)16(20)11-18-17(21)15-8-4-3-5-9-15/h3-5,8-9,14H,2,6-7,10-13H2,1H3,(H,18,21). The van der Waals surface area contributed by atoms with E-state index >= 15 is 0 Å². The summed E-state index contributed by atoms with van der Waals surface area (Å²) in [5.74, 6) is 0.171. The highest BCUT2D eigenvalue weighted by atomic mass is 16.5. The molecule has 1 atom stereocenters. The highest BCUT2D eigenvalue weighted by Gasteiger charge is 2.23. The number of carbonyl (C=O) groups is 2. The average Bonchev–Trinajstić information content (AvgIpc) is 2.58. The van der Waals surface area contributed by atoms with Crippen molar-refractivity contribution in [3.63, 3.8) is 0 Å². The molecule has 2 amide bonds. The van der Waals surface area contributed by atoms with Gasteiger partial charge in [0.05, 0.1) is 13.2 Å². The van der Waals surface area contributed by atoms with Gasteiger partial charge in [-0.1, -0.05) is 18.2 Å². The Morgan fingerprint density at radius 1 is 1.32 bits per heavy atom. The fourth-order valence-electron chi connectivity index (χ4n) is 2.67. The second kappa shape index (κ2) is 8.54. The lowest BCUT2D eigenvalue weighted by Crippen LogP contribution is -2.45.